The molecule has 2 heterocycles. The molecule has 0 atom stereocenters. The van der Waals surface area contributed by atoms with Crippen LogP contribution in [0.2, 0.25) is 0 Å². The van der Waals surface area contributed by atoms with Crippen molar-refractivity contribution in [3.8, 4) is 5.69 Å². The van der Waals surface area contributed by atoms with Gasteiger partial charge in [-0.05, 0) is 37.0 Å². The maximum Gasteiger partial charge on any atom is 0.219 e. The Labute approximate surface area is 142 Å². The zero-order valence-corrected chi connectivity index (χ0v) is 14.2. The largest absolute Gasteiger partial charge is 0.340 e. The third kappa shape index (κ3) is 2.84. The summed E-state index contributed by atoms with van der Waals surface area (Å²) in [6.07, 6.45) is 3.49. The highest BCUT2D eigenvalue weighted by Gasteiger charge is 2.26. The molecule has 2 aliphatic rings. The quantitative estimate of drug-likeness (QED) is 0.867. The molecular weight excluding hydrogens is 300 g/mol. The number of para-hydroxylation sites is 1. The molecule has 1 aliphatic heterocycles. The molecule has 24 heavy (non-hydrogen) atoms. The van der Waals surface area contributed by atoms with Crippen LogP contribution in [0.15, 0.2) is 30.3 Å². The smallest absolute Gasteiger partial charge is 0.219 e. The first-order valence-corrected chi connectivity index (χ1v) is 8.85. The zero-order chi connectivity index (χ0) is 16.5. The molecule has 0 N–H and O–H groups in total. The number of hydrogen-bond acceptors (Lipinski definition) is 3. The molecule has 1 aromatic carbocycles. The van der Waals surface area contributed by atoms with Crippen molar-refractivity contribution in [3.05, 3.63) is 47.3 Å². The van der Waals surface area contributed by atoms with E-state index in [-0.39, 0.29) is 5.91 Å². The predicted octanol–water partition coefficient (Wildman–Crippen LogP) is 2.03. The highest BCUT2D eigenvalue weighted by Crippen LogP contribution is 2.28. The van der Waals surface area contributed by atoms with Gasteiger partial charge in [-0.2, -0.15) is 5.10 Å². The molecule has 5 nitrogen and oxygen atoms in total. The molecule has 1 aliphatic carbocycles. The lowest BCUT2D eigenvalue weighted by atomic mass is 10.2. The number of benzene rings is 1. The van der Waals surface area contributed by atoms with Gasteiger partial charge in [-0.1, -0.05) is 18.2 Å². The Hall–Kier alpha value is -2.14. The first-order valence-electron chi connectivity index (χ1n) is 8.85. The number of carbonyl (C=O) groups excluding carboxylic acids is 1. The molecule has 0 spiro atoms. The number of carbonyl (C=O) groups is 1. The van der Waals surface area contributed by atoms with E-state index in [2.05, 4.69) is 33.8 Å². The lowest BCUT2D eigenvalue weighted by Gasteiger charge is -2.33. The van der Waals surface area contributed by atoms with Crippen LogP contribution in [0.4, 0.5) is 0 Å². The summed E-state index contributed by atoms with van der Waals surface area (Å²) >= 11 is 0. The molecule has 1 fully saturated rings. The highest BCUT2D eigenvalue weighted by atomic mass is 16.2. The van der Waals surface area contributed by atoms with E-state index in [0.29, 0.717) is 0 Å². The minimum absolute atomic E-state index is 0.184. The van der Waals surface area contributed by atoms with Crippen molar-refractivity contribution in [3.63, 3.8) is 0 Å². The van der Waals surface area contributed by atoms with Crippen LogP contribution in [0.1, 0.15) is 30.3 Å². The average Bonchev–Trinajstić information content (AvgIpc) is 3.20. The molecule has 5 heteroatoms. The Bertz CT molecular complexity index is 729. The van der Waals surface area contributed by atoms with Gasteiger partial charge in [-0.15, -0.1) is 0 Å². The van der Waals surface area contributed by atoms with Crippen molar-refractivity contribution in [2.24, 2.45) is 0 Å². The minimum Gasteiger partial charge on any atom is -0.340 e. The van der Waals surface area contributed by atoms with E-state index in [1.165, 1.54) is 23.4 Å². The molecule has 0 saturated carbocycles. The van der Waals surface area contributed by atoms with Gasteiger partial charge < -0.3 is 4.90 Å². The van der Waals surface area contributed by atoms with Gasteiger partial charge in [0.05, 0.1) is 11.4 Å². The van der Waals surface area contributed by atoms with Gasteiger partial charge in [0, 0.05) is 45.3 Å². The molecular formula is C19H24N4O. The molecule has 1 amide bonds. The molecule has 126 valence electrons. The summed E-state index contributed by atoms with van der Waals surface area (Å²) in [5.74, 6) is 0.184. The second kappa shape index (κ2) is 6.40. The number of fused-ring (bicyclic) bond motifs is 1. The summed E-state index contributed by atoms with van der Waals surface area (Å²) < 4.78 is 2.14. The summed E-state index contributed by atoms with van der Waals surface area (Å²) in [4.78, 5) is 15.8. The van der Waals surface area contributed by atoms with Gasteiger partial charge in [0.25, 0.3) is 0 Å². The highest BCUT2D eigenvalue weighted by molar-refractivity contribution is 5.73. The zero-order valence-electron chi connectivity index (χ0n) is 14.2. The molecule has 0 radical (unpaired) electrons. The van der Waals surface area contributed by atoms with E-state index in [1.54, 1.807) is 6.92 Å². The van der Waals surface area contributed by atoms with Gasteiger partial charge >= 0.3 is 0 Å². The lowest BCUT2D eigenvalue weighted by Crippen LogP contribution is -2.47. The van der Waals surface area contributed by atoms with Crippen LogP contribution in [-0.2, 0) is 24.2 Å². The van der Waals surface area contributed by atoms with Gasteiger partial charge in [-0.3, -0.25) is 9.69 Å². The van der Waals surface area contributed by atoms with Gasteiger partial charge in [0.1, 0.15) is 0 Å². The lowest BCUT2D eigenvalue weighted by molar-refractivity contribution is -0.130. The third-order valence-electron chi connectivity index (χ3n) is 5.21. The summed E-state index contributed by atoms with van der Waals surface area (Å²) in [5.41, 5.74) is 5.22. The maximum absolute atomic E-state index is 11.5. The number of amides is 1. The van der Waals surface area contributed by atoms with Crippen LogP contribution < -0.4 is 0 Å². The molecule has 2 aromatic rings. The summed E-state index contributed by atoms with van der Waals surface area (Å²) in [6.45, 7) is 6.09. The number of piperazine rings is 1. The Morgan fingerprint density at radius 3 is 2.54 bits per heavy atom. The van der Waals surface area contributed by atoms with Crippen LogP contribution >= 0.6 is 0 Å². The van der Waals surface area contributed by atoms with Crippen LogP contribution in [0.25, 0.3) is 5.69 Å². The summed E-state index contributed by atoms with van der Waals surface area (Å²) in [7, 11) is 0. The summed E-state index contributed by atoms with van der Waals surface area (Å²) in [6, 6.07) is 10.4. The Morgan fingerprint density at radius 2 is 1.83 bits per heavy atom. The average molecular weight is 324 g/mol. The van der Waals surface area contributed by atoms with Crippen LogP contribution in [0.3, 0.4) is 0 Å². The van der Waals surface area contributed by atoms with E-state index in [0.717, 1.165) is 51.3 Å². The Morgan fingerprint density at radius 1 is 1.08 bits per heavy atom. The number of rotatable bonds is 3. The first kappa shape index (κ1) is 15.4. The minimum atomic E-state index is 0.184. The van der Waals surface area contributed by atoms with Crippen molar-refractivity contribution in [1.29, 1.82) is 0 Å². The van der Waals surface area contributed by atoms with E-state index >= 15 is 0 Å². The van der Waals surface area contributed by atoms with Crippen LogP contribution in [0, 0.1) is 0 Å². The van der Waals surface area contributed by atoms with Crippen LogP contribution in [0.5, 0.6) is 0 Å². The fourth-order valence-electron chi connectivity index (χ4n) is 3.86. The third-order valence-corrected chi connectivity index (χ3v) is 5.21. The molecule has 1 saturated heterocycles. The topological polar surface area (TPSA) is 41.4 Å². The maximum atomic E-state index is 11.5. The van der Waals surface area contributed by atoms with E-state index in [4.69, 9.17) is 5.10 Å². The number of nitrogens with zero attached hydrogens (tertiary/aromatic N) is 4. The monoisotopic (exact) mass is 324 g/mol. The normalized spacial score (nSPS) is 18.0. The molecule has 0 bridgehead atoms. The standard InChI is InChI=1S/C19H24N4O/c1-15(24)22-12-10-21(11-13-22)14-18-17-8-5-9-19(17)23(20-18)16-6-3-2-4-7-16/h2-4,6-7H,5,8-14H2,1H3. The number of hydrogen-bond donors (Lipinski definition) is 0. The number of aromatic nitrogens is 2. The van der Waals surface area contributed by atoms with Gasteiger partial charge in [0.2, 0.25) is 5.91 Å². The SMILES string of the molecule is CC(=O)N1CCN(Cc2nn(-c3ccccc3)c3c2CCC3)CC1. The molecule has 0 unspecified atom stereocenters. The van der Waals surface area contributed by atoms with Crippen molar-refractivity contribution in [2.75, 3.05) is 26.2 Å². The van der Waals surface area contributed by atoms with Crippen molar-refractivity contribution < 1.29 is 4.79 Å². The van der Waals surface area contributed by atoms with Crippen LogP contribution in [-0.4, -0.2) is 51.7 Å². The van der Waals surface area contributed by atoms with Crippen molar-refractivity contribution in [2.45, 2.75) is 32.7 Å². The van der Waals surface area contributed by atoms with E-state index in [9.17, 15) is 4.79 Å². The van der Waals surface area contributed by atoms with Gasteiger partial charge in [-0.25, -0.2) is 4.68 Å². The van der Waals surface area contributed by atoms with E-state index in [1.807, 2.05) is 11.0 Å². The second-order valence-electron chi connectivity index (χ2n) is 6.76. The van der Waals surface area contributed by atoms with Crippen molar-refractivity contribution in [1.82, 2.24) is 19.6 Å². The van der Waals surface area contributed by atoms with Crippen molar-refractivity contribution >= 4 is 5.91 Å². The van der Waals surface area contributed by atoms with Gasteiger partial charge in [0.15, 0.2) is 0 Å². The first-order chi connectivity index (χ1) is 11.7. The van der Waals surface area contributed by atoms with E-state index < -0.39 is 0 Å². The second-order valence-corrected chi connectivity index (χ2v) is 6.76. The predicted molar refractivity (Wildman–Crippen MR) is 93.1 cm³/mol. The fraction of sp³-hybridized carbons (Fsp3) is 0.474. The molecule has 4 rings (SSSR count). The fourth-order valence-corrected chi connectivity index (χ4v) is 3.86. The summed E-state index contributed by atoms with van der Waals surface area (Å²) in [5, 5.41) is 4.94. The molecule has 1 aromatic heterocycles. The Balaban J connectivity index is 1.54. The Kier molecular flexibility index (Phi) is 4.10.